The van der Waals surface area contributed by atoms with E-state index in [4.69, 9.17) is 0 Å². The van der Waals surface area contributed by atoms with Crippen molar-refractivity contribution in [1.82, 2.24) is 5.32 Å². The fraction of sp³-hybridized carbons (Fsp3) is 1.00. The van der Waals surface area contributed by atoms with Crippen LogP contribution in [0.4, 0.5) is 4.39 Å². The zero-order valence-corrected chi connectivity index (χ0v) is 10.8. The van der Waals surface area contributed by atoms with Crippen LogP contribution in [0.3, 0.4) is 0 Å². The van der Waals surface area contributed by atoms with Crippen molar-refractivity contribution in [1.29, 1.82) is 0 Å². The van der Waals surface area contributed by atoms with Crippen LogP contribution in [0.5, 0.6) is 0 Å². The molecule has 0 aromatic heterocycles. The number of hydrogen-bond donors (Lipinski definition) is 1. The van der Waals surface area contributed by atoms with Crippen LogP contribution >= 0.6 is 0 Å². The lowest BCUT2D eigenvalue weighted by Crippen LogP contribution is -2.50. The SMILES string of the molecule is O=S1(=O)CCC(C2C(F)CC3CCC2N3)CC1. The van der Waals surface area contributed by atoms with Gasteiger partial charge in [0.2, 0.25) is 0 Å². The van der Waals surface area contributed by atoms with Crippen molar-refractivity contribution in [2.75, 3.05) is 11.5 Å². The summed E-state index contributed by atoms with van der Waals surface area (Å²) in [4.78, 5) is 0. The molecular formula is C12H20FNO2S. The molecule has 3 heterocycles. The first-order chi connectivity index (χ1) is 8.05. The molecule has 0 aliphatic carbocycles. The molecule has 3 saturated heterocycles. The molecule has 17 heavy (non-hydrogen) atoms. The van der Waals surface area contributed by atoms with Crippen molar-refractivity contribution in [3.05, 3.63) is 0 Å². The van der Waals surface area contributed by atoms with Gasteiger partial charge in [0.15, 0.2) is 0 Å². The van der Waals surface area contributed by atoms with E-state index < -0.39 is 16.0 Å². The van der Waals surface area contributed by atoms with Crippen LogP contribution in [0.15, 0.2) is 0 Å². The summed E-state index contributed by atoms with van der Waals surface area (Å²) in [5.41, 5.74) is 0. The van der Waals surface area contributed by atoms with Gasteiger partial charge in [-0.1, -0.05) is 0 Å². The maximum absolute atomic E-state index is 14.2. The van der Waals surface area contributed by atoms with E-state index in [9.17, 15) is 12.8 Å². The molecule has 3 rings (SSSR count). The highest BCUT2D eigenvalue weighted by molar-refractivity contribution is 7.91. The quantitative estimate of drug-likeness (QED) is 0.773. The van der Waals surface area contributed by atoms with E-state index >= 15 is 0 Å². The molecule has 0 spiro atoms. The van der Waals surface area contributed by atoms with Crippen molar-refractivity contribution < 1.29 is 12.8 Å². The van der Waals surface area contributed by atoms with E-state index in [1.165, 1.54) is 0 Å². The third-order valence-electron chi connectivity index (χ3n) is 4.81. The second-order valence-electron chi connectivity index (χ2n) is 5.87. The predicted molar refractivity (Wildman–Crippen MR) is 64.3 cm³/mol. The molecule has 3 nitrogen and oxygen atoms in total. The van der Waals surface area contributed by atoms with Crippen LogP contribution in [-0.4, -0.2) is 38.2 Å². The number of fused-ring (bicyclic) bond motifs is 2. The van der Waals surface area contributed by atoms with Gasteiger partial charge in [-0.05, 0) is 38.0 Å². The fourth-order valence-electron chi connectivity index (χ4n) is 3.94. The van der Waals surface area contributed by atoms with Crippen molar-refractivity contribution in [3.63, 3.8) is 0 Å². The van der Waals surface area contributed by atoms with Gasteiger partial charge in [0.25, 0.3) is 0 Å². The topological polar surface area (TPSA) is 46.2 Å². The summed E-state index contributed by atoms with van der Waals surface area (Å²) < 4.78 is 37.0. The Morgan fingerprint density at radius 3 is 2.47 bits per heavy atom. The Labute approximate surface area is 102 Å². The second-order valence-corrected chi connectivity index (χ2v) is 8.17. The average molecular weight is 261 g/mol. The maximum atomic E-state index is 14.2. The van der Waals surface area contributed by atoms with Gasteiger partial charge in [-0.15, -0.1) is 0 Å². The molecule has 0 radical (unpaired) electrons. The van der Waals surface area contributed by atoms with Gasteiger partial charge in [-0.2, -0.15) is 0 Å². The van der Waals surface area contributed by atoms with Gasteiger partial charge in [0.05, 0.1) is 11.5 Å². The summed E-state index contributed by atoms with van der Waals surface area (Å²) in [7, 11) is -2.83. The summed E-state index contributed by atoms with van der Waals surface area (Å²) >= 11 is 0. The minimum Gasteiger partial charge on any atom is -0.311 e. The number of alkyl halides is 1. The van der Waals surface area contributed by atoms with Crippen LogP contribution in [0.1, 0.15) is 32.1 Å². The standard InChI is InChI=1S/C12H20FNO2S/c13-10-7-9-1-2-11(14-9)12(10)8-3-5-17(15,16)6-4-8/h8-12,14H,1-7H2. The molecule has 4 unspecified atom stereocenters. The lowest BCUT2D eigenvalue weighted by Gasteiger charge is -2.40. The molecule has 0 saturated carbocycles. The Balaban J connectivity index is 1.71. The van der Waals surface area contributed by atoms with E-state index in [0.29, 0.717) is 31.3 Å². The van der Waals surface area contributed by atoms with Crippen LogP contribution in [-0.2, 0) is 9.84 Å². The van der Waals surface area contributed by atoms with Crippen molar-refractivity contribution in [2.45, 2.75) is 50.4 Å². The van der Waals surface area contributed by atoms with Gasteiger partial charge >= 0.3 is 0 Å². The number of sulfone groups is 1. The van der Waals surface area contributed by atoms with E-state index in [1.54, 1.807) is 0 Å². The van der Waals surface area contributed by atoms with Crippen molar-refractivity contribution >= 4 is 9.84 Å². The molecule has 98 valence electrons. The minimum absolute atomic E-state index is 0.0595. The Hall–Kier alpha value is -0.160. The molecule has 3 fully saturated rings. The number of rotatable bonds is 1. The predicted octanol–water partition coefficient (Wildman–Crippen LogP) is 1.29. The summed E-state index contributed by atoms with van der Waals surface area (Å²) in [6, 6.07) is 0.674. The van der Waals surface area contributed by atoms with Gasteiger partial charge < -0.3 is 5.32 Å². The molecule has 4 atom stereocenters. The largest absolute Gasteiger partial charge is 0.311 e. The first-order valence-corrected chi connectivity index (χ1v) is 8.48. The molecule has 3 aliphatic heterocycles. The highest BCUT2D eigenvalue weighted by atomic mass is 32.2. The second kappa shape index (κ2) is 4.19. The Bertz CT molecular complexity index is 383. The summed E-state index contributed by atoms with van der Waals surface area (Å²) in [6.45, 7) is 0. The molecule has 0 aromatic rings. The third kappa shape index (κ3) is 2.24. The van der Waals surface area contributed by atoms with E-state index in [0.717, 1.165) is 12.8 Å². The fourth-order valence-corrected chi connectivity index (χ4v) is 5.47. The normalized spacial score (nSPS) is 45.9. The molecule has 2 bridgehead atoms. The highest BCUT2D eigenvalue weighted by Gasteiger charge is 2.46. The number of nitrogens with one attached hydrogen (secondary N) is 1. The Morgan fingerprint density at radius 2 is 1.76 bits per heavy atom. The minimum atomic E-state index is -2.83. The lowest BCUT2D eigenvalue weighted by atomic mass is 9.77. The van der Waals surface area contributed by atoms with Gasteiger partial charge in [-0.25, -0.2) is 12.8 Å². The highest BCUT2D eigenvalue weighted by Crippen LogP contribution is 2.41. The number of hydrogen-bond acceptors (Lipinski definition) is 3. The van der Waals surface area contributed by atoms with Crippen molar-refractivity contribution in [2.24, 2.45) is 11.8 Å². The molecule has 5 heteroatoms. The van der Waals surface area contributed by atoms with Crippen molar-refractivity contribution in [3.8, 4) is 0 Å². The first kappa shape index (κ1) is 11.9. The van der Waals surface area contributed by atoms with Gasteiger partial charge in [0.1, 0.15) is 16.0 Å². The first-order valence-electron chi connectivity index (χ1n) is 6.66. The van der Waals surface area contributed by atoms with Gasteiger partial charge in [-0.3, -0.25) is 0 Å². The van der Waals surface area contributed by atoms with E-state index in [2.05, 4.69) is 5.32 Å². The Morgan fingerprint density at radius 1 is 1.06 bits per heavy atom. The zero-order valence-electron chi connectivity index (χ0n) is 9.94. The number of piperidine rings is 1. The molecule has 3 aliphatic rings. The molecule has 1 N–H and O–H groups in total. The lowest BCUT2D eigenvalue weighted by molar-refractivity contribution is 0.0824. The van der Waals surface area contributed by atoms with Crippen LogP contribution in [0.2, 0.25) is 0 Å². The summed E-state index contributed by atoms with van der Waals surface area (Å²) in [5, 5.41) is 3.50. The van der Waals surface area contributed by atoms with Crippen LogP contribution in [0.25, 0.3) is 0 Å². The third-order valence-corrected chi connectivity index (χ3v) is 6.53. The van der Waals surface area contributed by atoms with Crippen LogP contribution in [0, 0.1) is 11.8 Å². The van der Waals surface area contributed by atoms with Gasteiger partial charge in [0, 0.05) is 18.0 Å². The Kier molecular flexibility index (Phi) is 2.94. The van der Waals surface area contributed by atoms with E-state index in [1.807, 2.05) is 0 Å². The monoisotopic (exact) mass is 261 g/mol. The maximum Gasteiger partial charge on any atom is 0.150 e. The number of halogens is 1. The average Bonchev–Trinajstić information content (AvgIpc) is 2.63. The molecule has 0 amide bonds. The smallest absolute Gasteiger partial charge is 0.150 e. The molecule has 0 aromatic carbocycles. The van der Waals surface area contributed by atoms with Crippen LogP contribution < -0.4 is 5.32 Å². The summed E-state index contributed by atoms with van der Waals surface area (Å²) in [5.74, 6) is 0.850. The van der Waals surface area contributed by atoms with E-state index in [-0.39, 0.29) is 23.3 Å². The molecular weight excluding hydrogens is 241 g/mol. The zero-order chi connectivity index (χ0) is 12.0. The summed E-state index contributed by atoms with van der Waals surface area (Å²) in [6.07, 6.45) is 3.39.